The van der Waals surface area contributed by atoms with Crippen LogP contribution in [0.25, 0.3) is 0 Å². The maximum atomic E-state index is 13.3. The van der Waals surface area contributed by atoms with Gasteiger partial charge in [-0.05, 0) is 65.2 Å². The Morgan fingerprint density at radius 2 is 1.83 bits per heavy atom. The summed E-state index contributed by atoms with van der Waals surface area (Å²) < 4.78 is 13.9. The highest BCUT2D eigenvalue weighted by atomic mass is 79.9. The summed E-state index contributed by atoms with van der Waals surface area (Å²) in [7, 11) is 0. The number of hydrogen-bond donors (Lipinski definition) is 1. The molecule has 3 rings (SSSR count). The van der Waals surface area contributed by atoms with E-state index in [0.717, 1.165) is 13.1 Å². The molecule has 1 aliphatic heterocycles. The van der Waals surface area contributed by atoms with E-state index in [-0.39, 0.29) is 24.4 Å². The maximum Gasteiger partial charge on any atom is 0.252 e. The van der Waals surface area contributed by atoms with E-state index in [1.807, 2.05) is 4.90 Å². The van der Waals surface area contributed by atoms with E-state index >= 15 is 0 Å². The number of nitrogens with zero attached hydrogens (tertiary/aromatic N) is 2. The summed E-state index contributed by atoms with van der Waals surface area (Å²) in [5, 5.41) is 2.69. The van der Waals surface area contributed by atoms with E-state index in [9.17, 15) is 14.0 Å². The van der Waals surface area contributed by atoms with Crippen molar-refractivity contribution in [3.05, 3.63) is 63.4 Å². The first-order chi connectivity index (χ1) is 13.9. The highest BCUT2D eigenvalue weighted by Crippen LogP contribution is 2.24. The van der Waals surface area contributed by atoms with Gasteiger partial charge in [0.25, 0.3) is 5.91 Å². The largest absolute Gasteiger partial charge is 0.368 e. The molecule has 2 amide bonds. The van der Waals surface area contributed by atoms with Gasteiger partial charge in [0, 0.05) is 49.3 Å². The minimum atomic E-state index is -0.476. The molecule has 0 spiro atoms. The van der Waals surface area contributed by atoms with Crippen molar-refractivity contribution in [1.82, 2.24) is 10.2 Å². The summed E-state index contributed by atoms with van der Waals surface area (Å²) in [4.78, 5) is 28.8. The van der Waals surface area contributed by atoms with Crippen molar-refractivity contribution in [3.63, 3.8) is 0 Å². The second-order valence-electron chi connectivity index (χ2n) is 7.22. The molecular formula is C22H25BrFN3O2. The number of anilines is 1. The SMILES string of the molecule is Cc1cccc(N2CCN(C(=O)CCNC(=O)c3cc(F)ccc3Br)CC2)c1C. The van der Waals surface area contributed by atoms with Crippen LogP contribution in [0.2, 0.25) is 0 Å². The minimum Gasteiger partial charge on any atom is -0.368 e. The number of carbonyl (C=O) groups is 2. The van der Waals surface area contributed by atoms with Gasteiger partial charge in [-0.2, -0.15) is 0 Å². The summed E-state index contributed by atoms with van der Waals surface area (Å²) >= 11 is 3.24. The van der Waals surface area contributed by atoms with Crippen LogP contribution in [-0.2, 0) is 4.79 Å². The Balaban J connectivity index is 1.47. The summed E-state index contributed by atoms with van der Waals surface area (Å²) in [5.74, 6) is -0.857. The van der Waals surface area contributed by atoms with Crippen LogP contribution in [0.4, 0.5) is 10.1 Å². The van der Waals surface area contributed by atoms with Crippen molar-refractivity contribution in [2.45, 2.75) is 20.3 Å². The van der Waals surface area contributed by atoms with Gasteiger partial charge >= 0.3 is 0 Å². The van der Waals surface area contributed by atoms with Crippen molar-refractivity contribution >= 4 is 33.4 Å². The van der Waals surface area contributed by atoms with Gasteiger partial charge in [0.05, 0.1) is 5.56 Å². The van der Waals surface area contributed by atoms with Crippen molar-refractivity contribution in [2.75, 3.05) is 37.6 Å². The molecule has 1 saturated heterocycles. The van der Waals surface area contributed by atoms with Gasteiger partial charge in [0.2, 0.25) is 5.91 Å². The predicted octanol–water partition coefficient (Wildman–Crippen LogP) is 3.67. The average molecular weight is 462 g/mol. The van der Waals surface area contributed by atoms with Crippen molar-refractivity contribution < 1.29 is 14.0 Å². The molecule has 29 heavy (non-hydrogen) atoms. The fraction of sp³-hybridized carbons (Fsp3) is 0.364. The van der Waals surface area contributed by atoms with Crippen LogP contribution in [0.15, 0.2) is 40.9 Å². The van der Waals surface area contributed by atoms with Crippen LogP contribution < -0.4 is 10.2 Å². The number of benzene rings is 2. The van der Waals surface area contributed by atoms with Crippen molar-refractivity contribution in [2.24, 2.45) is 0 Å². The average Bonchev–Trinajstić information content (AvgIpc) is 2.72. The number of nitrogens with one attached hydrogen (secondary N) is 1. The first kappa shape index (κ1) is 21.3. The Labute approximate surface area is 179 Å². The number of aryl methyl sites for hydroxylation is 1. The zero-order valence-corrected chi connectivity index (χ0v) is 18.3. The lowest BCUT2D eigenvalue weighted by Crippen LogP contribution is -2.49. The summed E-state index contributed by atoms with van der Waals surface area (Å²) in [6, 6.07) is 10.2. The molecule has 0 atom stereocenters. The van der Waals surface area contributed by atoms with Crippen LogP contribution in [0.1, 0.15) is 27.9 Å². The van der Waals surface area contributed by atoms with Gasteiger partial charge in [0.1, 0.15) is 5.82 Å². The second-order valence-corrected chi connectivity index (χ2v) is 8.07. The van der Waals surface area contributed by atoms with Crippen molar-refractivity contribution in [3.8, 4) is 0 Å². The lowest BCUT2D eigenvalue weighted by molar-refractivity contribution is -0.131. The maximum absolute atomic E-state index is 13.3. The number of hydrogen-bond acceptors (Lipinski definition) is 3. The first-order valence-electron chi connectivity index (χ1n) is 9.69. The Bertz CT molecular complexity index is 911. The zero-order valence-electron chi connectivity index (χ0n) is 16.7. The number of halogens is 2. The van der Waals surface area contributed by atoms with E-state index < -0.39 is 11.7 Å². The smallest absolute Gasteiger partial charge is 0.252 e. The number of rotatable bonds is 5. The zero-order chi connectivity index (χ0) is 21.0. The summed E-state index contributed by atoms with van der Waals surface area (Å²) in [6.07, 6.45) is 0.224. The monoisotopic (exact) mass is 461 g/mol. The van der Waals surface area contributed by atoms with Crippen LogP contribution in [0, 0.1) is 19.7 Å². The fourth-order valence-electron chi connectivity index (χ4n) is 3.48. The van der Waals surface area contributed by atoms with Gasteiger partial charge in [-0.3, -0.25) is 9.59 Å². The molecule has 2 aromatic rings. The van der Waals surface area contributed by atoms with Gasteiger partial charge in [0.15, 0.2) is 0 Å². The van der Waals surface area contributed by atoms with Crippen LogP contribution in [0.5, 0.6) is 0 Å². The van der Waals surface area contributed by atoms with Gasteiger partial charge in [-0.25, -0.2) is 4.39 Å². The van der Waals surface area contributed by atoms with E-state index in [2.05, 4.69) is 58.2 Å². The van der Waals surface area contributed by atoms with Gasteiger partial charge in [-0.1, -0.05) is 12.1 Å². The highest BCUT2D eigenvalue weighted by molar-refractivity contribution is 9.10. The third-order valence-electron chi connectivity index (χ3n) is 5.35. The van der Waals surface area contributed by atoms with E-state index in [4.69, 9.17) is 0 Å². The van der Waals surface area contributed by atoms with Crippen LogP contribution in [0.3, 0.4) is 0 Å². The normalized spacial score (nSPS) is 14.1. The fourth-order valence-corrected chi connectivity index (χ4v) is 3.91. The molecule has 0 aliphatic carbocycles. The molecule has 1 fully saturated rings. The van der Waals surface area contributed by atoms with E-state index in [0.29, 0.717) is 17.6 Å². The Morgan fingerprint density at radius 3 is 2.55 bits per heavy atom. The number of amides is 2. The molecule has 0 bridgehead atoms. The molecule has 7 heteroatoms. The third-order valence-corrected chi connectivity index (χ3v) is 6.04. The highest BCUT2D eigenvalue weighted by Gasteiger charge is 2.22. The van der Waals surface area contributed by atoms with Crippen LogP contribution in [-0.4, -0.2) is 49.4 Å². The molecule has 0 aromatic heterocycles. The van der Waals surface area contributed by atoms with Crippen LogP contribution >= 0.6 is 15.9 Å². The topological polar surface area (TPSA) is 52.6 Å². The van der Waals surface area contributed by atoms with Gasteiger partial charge in [-0.15, -0.1) is 0 Å². The molecule has 0 saturated carbocycles. The molecule has 1 aliphatic rings. The minimum absolute atomic E-state index is 0.0178. The Kier molecular flexibility index (Phi) is 6.90. The Hall–Kier alpha value is -2.41. The van der Waals surface area contributed by atoms with Gasteiger partial charge < -0.3 is 15.1 Å². The third kappa shape index (κ3) is 5.15. The van der Waals surface area contributed by atoms with E-state index in [1.165, 1.54) is 35.0 Å². The standard InChI is InChI=1S/C22H25BrFN3O2/c1-15-4-3-5-20(16(15)2)26-10-12-27(13-11-26)21(28)8-9-25-22(29)18-14-17(24)6-7-19(18)23/h3-7,14H,8-13H2,1-2H3,(H,25,29). The first-order valence-corrected chi connectivity index (χ1v) is 10.5. The molecule has 5 nitrogen and oxygen atoms in total. The lowest BCUT2D eigenvalue weighted by atomic mass is 10.1. The molecule has 1 heterocycles. The lowest BCUT2D eigenvalue weighted by Gasteiger charge is -2.37. The molecule has 2 aromatic carbocycles. The Morgan fingerprint density at radius 1 is 1.10 bits per heavy atom. The number of piperazine rings is 1. The summed E-state index contributed by atoms with van der Waals surface area (Å²) in [5.41, 5.74) is 3.99. The molecular weight excluding hydrogens is 437 g/mol. The predicted molar refractivity (Wildman–Crippen MR) is 116 cm³/mol. The molecule has 154 valence electrons. The summed E-state index contributed by atoms with van der Waals surface area (Å²) in [6.45, 7) is 7.36. The molecule has 0 unspecified atom stereocenters. The molecule has 1 N–H and O–H groups in total. The number of carbonyl (C=O) groups excluding carboxylic acids is 2. The second kappa shape index (κ2) is 9.39. The van der Waals surface area contributed by atoms with E-state index in [1.54, 1.807) is 0 Å². The quantitative estimate of drug-likeness (QED) is 0.738. The van der Waals surface area contributed by atoms with Crippen molar-refractivity contribution in [1.29, 1.82) is 0 Å². The molecule has 0 radical (unpaired) electrons.